The Bertz CT molecular complexity index is 776. The van der Waals surface area contributed by atoms with Crippen LogP contribution in [0, 0.1) is 5.82 Å². The number of halogens is 1. The summed E-state index contributed by atoms with van der Waals surface area (Å²) in [6.07, 6.45) is 3.99. The Labute approximate surface area is 140 Å². The van der Waals surface area contributed by atoms with Crippen molar-refractivity contribution >= 4 is 12.4 Å². The third-order valence-electron chi connectivity index (χ3n) is 4.00. The highest BCUT2D eigenvalue weighted by atomic mass is 19.1. The molecule has 0 aromatic heterocycles. The zero-order valence-corrected chi connectivity index (χ0v) is 13.7. The summed E-state index contributed by atoms with van der Waals surface area (Å²) in [5.41, 5.74) is 3.60. The Balaban J connectivity index is 2.32. The van der Waals surface area contributed by atoms with E-state index in [1.54, 1.807) is 18.2 Å². The predicted molar refractivity (Wildman–Crippen MR) is 92.0 cm³/mol. The summed E-state index contributed by atoms with van der Waals surface area (Å²) in [7, 11) is 0. The quantitative estimate of drug-likeness (QED) is 0.608. The van der Waals surface area contributed by atoms with Gasteiger partial charge in [0.15, 0.2) is 11.5 Å². The first-order valence-electron chi connectivity index (χ1n) is 7.96. The van der Waals surface area contributed by atoms with E-state index >= 15 is 0 Å². The molecule has 0 saturated heterocycles. The van der Waals surface area contributed by atoms with Crippen LogP contribution in [0.1, 0.15) is 30.9 Å². The maximum Gasteiger partial charge on any atom is 0.169 e. The number of aldehydes is 1. The number of ether oxygens (including phenoxy) is 2. The molecule has 0 unspecified atom stereocenters. The Morgan fingerprint density at radius 2 is 1.83 bits per heavy atom. The summed E-state index contributed by atoms with van der Waals surface area (Å²) in [4.78, 5) is 10.8. The van der Waals surface area contributed by atoms with Crippen molar-refractivity contribution in [1.82, 2.24) is 0 Å². The molecule has 0 bridgehead atoms. The molecular formula is C20H19FO3. The molecule has 2 aromatic rings. The fourth-order valence-corrected chi connectivity index (χ4v) is 2.92. The van der Waals surface area contributed by atoms with E-state index in [9.17, 15) is 9.18 Å². The van der Waals surface area contributed by atoms with Gasteiger partial charge in [0.1, 0.15) is 25.3 Å². The van der Waals surface area contributed by atoms with Crippen LogP contribution >= 0.6 is 0 Å². The molecule has 1 heterocycles. The molecule has 0 spiro atoms. The van der Waals surface area contributed by atoms with Crippen molar-refractivity contribution in [3.8, 4) is 22.6 Å². The molecule has 24 heavy (non-hydrogen) atoms. The number of hydrogen-bond donors (Lipinski definition) is 0. The van der Waals surface area contributed by atoms with Crippen LogP contribution in [0.25, 0.3) is 17.2 Å². The van der Waals surface area contributed by atoms with Crippen LogP contribution in [0.3, 0.4) is 0 Å². The molecule has 0 saturated carbocycles. The molecule has 124 valence electrons. The molecule has 0 aliphatic carbocycles. The molecule has 1 aliphatic rings. The summed E-state index contributed by atoms with van der Waals surface area (Å²) < 4.78 is 25.0. The van der Waals surface area contributed by atoms with Crippen molar-refractivity contribution in [1.29, 1.82) is 0 Å². The maximum atomic E-state index is 13.3. The van der Waals surface area contributed by atoms with Crippen molar-refractivity contribution in [2.45, 2.75) is 19.8 Å². The third kappa shape index (κ3) is 3.04. The molecule has 0 fully saturated rings. The Kier molecular flexibility index (Phi) is 4.65. The van der Waals surface area contributed by atoms with Gasteiger partial charge >= 0.3 is 0 Å². The van der Waals surface area contributed by atoms with Gasteiger partial charge in [-0.2, -0.15) is 0 Å². The van der Waals surface area contributed by atoms with Gasteiger partial charge in [-0.3, -0.25) is 4.79 Å². The topological polar surface area (TPSA) is 35.5 Å². The SMILES string of the molecule is CC(C)c1cc2c(c(-c3ccc(F)cc3)c1/C=C/C=O)OCCO2. The molecule has 0 radical (unpaired) electrons. The van der Waals surface area contributed by atoms with E-state index in [0.717, 1.165) is 28.5 Å². The number of rotatable bonds is 4. The maximum absolute atomic E-state index is 13.3. The summed E-state index contributed by atoms with van der Waals surface area (Å²) in [5, 5.41) is 0. The van der Waals surface area contributed by atoms with E-state index in [-0.39, 0.29) is 11.7 Å². The van der Waals surface area contributed by atoms with Crippen LogP contribution in [-0.2, 0) is 4.79 Å². The summed E-state index contributed by atoms with van der Waals surface area (Å²) in [6.45, 7) is 5.12. The predicted octanol–water partition coefficient (Wildman–Crippen LogP) is 4.60. The van der Waals surface area contributed by atoms with Gasteiger partial charge in [-0.15, -0.1) is 0 Å². The molecule has 0 atom stereocenters. The van der Waals surface area contributed by atoms with E-state index in [1.165, 1.54) is 18.2 Å². The number of carbonyl (C=O) groups is 1. The van der Waals surface area contributed by atoms with Crippen molar-refractivity contribution in [3.05, 3.63) is 53.4 Å². The molecule has 3 rings (SSSR count). The molecule has 1 aliphatic heterocycles. The Morgan fingerprint density at radius 3 is 2.50 bits per heavy atom. The van der Waals surface area contributed by atoms with Gasteiger partial charge in [-0.25, -0.2) is 4.39 Å². The van der Waals surface area contributed by atoms with Gasteiger partial charge in [0.05, 0.1) is 0 Å². The second kappa shape index (κ2) is 6.87. The van der Waals surface area contributed by atoms with Gasteiger partial charge in [-0.05, 0) is 46.9 Å². The van der Waals surface area contributed by atoms with Crippen molar-refractivity contribution in [2.75, 3.05) is 13.2 Å². The minimum atomic E-state index is -0.296. The summed E-state index contributed by atoms with van der Waals surface area (Å²) in [6, 6.07) is 8.23. The largest absolute Gasteiger partial charge is 0.486 e. The van der Waals surface area contributed by atoms with Gasteiger partial charge in [0, 0.05) is 5.56 Å². The van der Waals surface area contributed by atoms with E-state index < -0.39 is 0 Å². The minimum Gasteiger partial charge on any atom is -0.486 e. The van der Waals surface area contributed by atoms with Crippen LogP contribution in [0.4, 0.5) is 4.39 Å². The van der Waals surface area contributed by atoms with Crippen LogP contribution in [0.2, 0.25) is 0 Å². The van der Waals surface area contributed by atoms with Crippen LogP contribution in [0.5, 0.6) is 11.5 Å². The van der Waals surface area contributed by atoms with Crippen molar-refractivity contribution < 1.29 is 18.7 Å². The lowest BCUT2D eigenvalue weighted by atomic mass is 9.88. The molecule has 2 aromatic carbocycles. The van der Waals surface area contributed by atoms with Gasteiger partial charge in [-0.1, -0.05) is 32.1 Å². The fraction of sp³-hybridized carbons (Fsp3) is 0.250. The van der Waals surface area contributed by atoms with E-state index in [0.29, 0.717) is 24.7 Å². The molecule has 0 N–H and O–H groups in total. The second-order valence-electron chi connectivity index (χ2n) is 5.94. The summed E-state index contributed by atoms with van der Waals surface area (Å²) in [5.74, 6) is 1.26. The lowest BCUT2D eigenvalue weighted by Gasteiger charge is -2.26. The van der Waals surface area contributed by atoms with E-state index in [1.807, 2.05) is 6.07 Å². The highest BCUT2D eigenvalue weighted by molar-refractivity contribution is 5.88. The number of fused-ring (bicyclic) bond motifs is 1. The third-order valence-corrected chi connectivity index (χ3v) is 4.00. The molecule has 4 heteroatoms. The first-order valence-corrected chi connectivity index (χ1v) is 7.96. The average Bonchev–Trinajstić information content (AvgIpc) is 2.59. The van der Waals surface area contributed by atoms with Crippen LogP contribution in [0.15, 0.2) is 36.4 Å². The zero-order valence-electron chi connectivity index (χ0n) is 13.7. The zero-order chi connectivity index (χ0) is 17.1. The molecule has 3 nitrogen and oxygen atoms in total. The van der Waals surface area contributed by atoms with Gasteiger partial charge in [0.2, 0.25) is 0 Å². The highest BCUT2D eigenvalue weighted by Gasteiger charge is 2.24. The van der Waals surface area contributed by atoms with E-state index in [2.05, 4.69) is 13.8 Å². The lowest BCUT2D eigenvalue weighted by molar-refractivity contribution is -0.104. The minimum absolute atomic E-state index is 0.228. The van der Waals surface area contributed by atoms with Crippen LogP contribution < -0.4 is 9.47 Å². The first kappa shape index (κ1) is 16.2. The monoisotopic (exact) mass is 326 g/mol. The fourth-order valence-electron chi connectivity index (χ4n) is 2.92. The Hall–Kier alpha value is -2.62. The number of carbonyl (C=O) groups excluding carboxylic acids is 1. The lowest BCUT2D eigenvalue weighted by Crippen LogP contribution is -2.17. The molecular weight excluding hydrogens is 307 g/mol. The van der Waals surface area contributed by atoms with Gasteiger partial charge < -0.3 is 9.47 Å². The smallest absolute Gasteiger partial charge is 0.169 e. The Morgan fingerprint density at radius 1 is 1.12 bits per heavy atom. The average molecular weight is 326 g/mol. The van der Waals surface area contributed by atoms with Crippen molar-refractivity contribution in [3.63, 3.8) is 0 Å². The first-order chi connectivity index (χ1) is 11.6. The van der Waals surface area contributed by atoms with E-state index in [4.69, 9.17) is 9.47 Å². The number of benzene rings is 2. The molecule has 0 amide bonds. The number of allylic oxidation sites excluding steroid dienone is 1. The normalized spacial score (nSPS) is 13.5. The van der Waals surface area contributed by atoms with Gasteiger partial charge in [0.25, 0.3) is 0 Å². The highest BCUT2D eigenvalue weighted by Crippen LogP contribution is 2.46. The van der Waals surface area contributed by atoms with Crippen molar-refractivity contribution in [2.24, 2.45) is 0 Å². The second-order valence-corrected chi connectivity index (χ2v) is 5.94. The standard InChI is InChI=1S/C20H19FO3/c1-13(2)17-12-18-20(24-11-10-23-18)19(16(17)4-3-9-22)14-5-7-15(21)8-6-14/h3-9,12-13H,10-11H2,1-2H3/b4-3+. The van der Waals surface area contributed by atoms with Crippen LogP contribution in [-0.4, -0.2) is 19.5 Å². The summed E-state index contributed by atoms with van der Waals surface area (Å²) >= 11 is 0. The number of hydrogen-bond acceptors (Lipinski definition) is 3.